The number of hydrogen-bond donors (Lipinski definition) is 2. The molecule has 0 aliphatic rings. The van der Waals surface area contributed by atoms with Crippen molar-refractivity contribution in [2.24, 2.45) is 0 Å². The molecule has 0 fully saturated rings. The highest BCUT2D eigenvalue weighted by Gasteiger charge is 2.02. The second-order valence-electron chi connectivity index (χ2n) is 4.81. The van der Waals surface area contributed by atoms with Crippen molar-refractivity contribution >= 4 is 23.6 Å². The van der Waals surface area contributed by atoms with E-state index in [0.29, 0.717) is 11.4 Å². The van der Waals surface area contributed by atoms with E-state index in [-0.39, 0.29) is 5.91 Å². The maximum absolute atomic E-state index is 11.9. The van der Waals surface area contributed by atoms with E-state index in [9.17, 15) is 9.59 Å². The molecular formula is C18H17NO5. The van der Waals surface area contributed by atoms with E-state index in [4.69, 9.17) is 14.6 Å². The number of aliphatic carboxylic acids is 1. The van der Waals surface area contributed by atoms with Gasteiger partial charge in [-0.25, -0.2) is 4.79 Å². The summed E-state index contributed by atoms with van der Waals surface area (Å²) in [4.78, 5) is 22.4. The van der Waals surface area contributed by atoms with Crippen LogP contribution in [0.3, 0.4) is 0 Å². The fourth-order valence-electron chi connectivity index (χ4n) is 1.88. The Kier molecular flexibility index (Phi) is 5.96. The Labute approximate surface area is 139 Å². The summed E-state index contributed by atoms with van der Waals surface area (Å²) in [5.41, 5.74) is 1.38. The highest BCUT2D eigenvalue weighted by molar-refractivity contribution is 6.02. The summed E-state index contributed by atoms with van der Waals surface area (Å²) in [6, 6.07) is 13.8. The lowest BCUT2D eigenvalue weighted by Gasteiger charge is -2.06. The van der Waals surface area contributed by atoms with E-state index in [1.807, 2.05) is 12.1 Å². The molecule has 0 atom stereocenters. The van der Waals surface area contributed by atoms with Crippen LogP contribution in [-0.2, 0) is 9.59 Å². The number of benzene rings is 2. The molecular weight excluding hydrogens is 310 g/mol. The van der Waals surface area contributed by atoms with Crippen LogP contribution in [-0.4, -0.2) is 30.7 Å². The summed E-state index contributed by atoms with van der Waals surface area (Å²) >= 11 is 0. The minimum atomic E-state index is -1.06. The average Bonchev–Trinajstić information content (AvgIpc) is 2.59. The van der Waals surface area contributed by atoms with Crippen LogP contribution in [0.4, 0.5) is 5.69 Å². The average molecular weight is 327 g/mol. The first kappa shape index (κ1) is 17.1. The molecule has 6 heteroatoms. The number of nitrogens with one attached hydrogen (secondary N) is 1. The maximum atomic E-state index is 11.9. The molecule has 2 rings (SSSR count). The molecule has 0 bridgehead atoms. The van der Waals surface area contributed by atoms with Gasteiger partial charge in [0.25, 0.3) is 0 Å². The predicted octanol–water partition coefficient (Wildman–Crippen LogP) is 2.81. The molecule has 1 amide bonds. The standard InChI is InChI=1S/C18H17NO5/c1-23-15-8-5-13(6-9-15)7-10-17(20)19-14-3-2-4-16(11-14)24-12-18(21)22/h2-11H,12H2,1H3,(H,19,20)(H,21,22)/b10-7+. The molecule has 24 heavy (non-hydrogen) atoms. The van der Waals surface area contributed by atoms with Gasteiger partial charge in [0, 0.05) is 17.8 Å². The van der Waals surface area contributed by atoms with Gasteiger partial charge < -0.3 is 19.9 Å². The lowest BCUT2D eigenvalue weighted by molar-refractivity contribution is -0.139. The minimum absolute atomic E-state index is 0.304. The number of amides is 1. The third-order valence-electron chi connectivity index (χ3n) is 3.01. The molecule has 0 unspecified atom stereocenters. The molecule has 2 N–H and O–H groups in total. The van der Waals surface area contributed by atoms with Crippen molar-refractivity contribution in [3.8, 4) is 11.5 Å². The largest absolute Gasteiger partial charge is 0.497 e. The van der Waals surface area contributed by atoms with E-state index in [1.165, 1.54) is 6.08 Å². The fraction of sp³-hybridized carbons (Fsp3) is 0.111. The molecule has 6 nitrogen and oxygen atoms in total. The van der Waals surface area contributed by atoms with Crippen LogP contribution in [0, 0.1) is 0 Å². The second-order valence-corrected chi connectivity index (χ2v) is 4.81. The maximum Gasteiger partial charge on any atom is 0.341 e. The van der Waals surface area contributed by atoms with Crippen molar-refractivity contribution in [1.82, 2.24) is 0 Å². The number of anilines is 1. The van der Waals surface area contributed by atoms with Gasteiger partial charge in [-0.3, -0.25) is 4.79 Å². The van der Waals surface area contributed by atoms with Crippen LogP contribution >= 0.6 is 0 Å². The minimum Gasteiger partial charge on any atom is -0.497 e. The third kappa shape index (κ3) is 5.49. The van der Waals surface area contributed by atoms with Gasteiger partial charge in [0.15, 0.2) is 6.61 Å². The van der Waals surface area contributed by atoms with Crippen molar-refractivity contribution in [3.05, 3.63) is 60.2 Å². The number of ether oxygens (including phenoxy) is 2. The number of carboxylic acid groups (broad SMARTS) is 1. The smallest absolute Gasteiger partial charge is 0.341 e. The number of carbonyl (C=O) groups excluding carboxylic acids is 1. The summed E-state index contributed by atoms with van der Waals surface area (Å²) in [6.45, 7) is -0.436. The van der Waals surface area contributed by atoms with Gasteiger partial charge >= 0.3 is 5.97 Å². The Morgan fingerprint density at radius 1 is 1.12 bits per heavy atom. The molecule has 2 aromatic rings. The first-order chi connectivity index (χ1) is 11.6. The highest BCUT2D eigenvalue weighted by Crippen LogP contribution is 2.17. The summed E-state index contributed by atoms with van der Waals surface area (Å²) in [6.07, 6.45) is 3.09. The Morgan fingerprint density at radius 2 is 1.88 bits per heavy atom. The van der Waals surface area contributed by atoms with Gasteiger partial charge in [-0.15, -0.1) is 0 Å². The SMILES string of the molecule is COc1ccc(/C=C/C(=O)Nc2cccc(OCC(=O)O)c2)cc1. The zero-order valence-electron chi connectivity index (χ0n) is 13.1. The number of carboxylic acids is 1. The molecule has 0 spiro atoms. The van der Waals surface area contributed by atoms with Crippen LogP contribution in [0.1, 0.15) is 5.56 Å². The monoisotopic (exact) mass is 327 g/mol. The van der Waals surface area contributed by atoms with Crippen LogP contribution in [0.2, 0.25) is 0 Å². The van der Waals surface area contributed by atoms with E-state index in [0.717, 1.165) is 11.3 Å². The van der Waals surface area contributed by atoms with E-state index >= 15 is 0 Å². The van der Waals surface area contributed by atoms with Crippen LogP contribution in [0.5, 0.6) is 11.5 Å². The lowest BCUT2D eigenvalue weighted by atomic mass is 10.2. The molecule has 0 aromatic heterocycles. The van der Waals surface area contributed by atoms with Gasteiger partial charge in [0.2, 0.25) is 5.91 Å². The Bertz CT molecular complexity index is 737. The molecule has 0 saturated carbocycles. The molecule has 0 aliphatic carbocycles. The second kappa shape index (κ2) is 8.38. The quantitative estimate of drug-likeness (QED) is 0.764. The van der Waals surface area contributed by atoms with Crippen LogP contribution in [0.25, 0.3) is 6.08 Å². The van der Waals surface area contributed by atoms with Gasteiger partial charge in [0.05, 0.1) is 7.11 Å². The predicted molar refractivity (Wildman–Crippen MR) is 90.2 cm³/mol. The first-order valence-corrected chi connectivity index (χ1v) is 7.14. The molecule has 0 heterocycles. The van der Waals surface area contributed by atoms with Gasteiger partial charge in [0.1, 0.15) is 11.5 Å². The first-order valence-electron chi connectivity index (χ1n) is 7.14. The van der Waals surface area contributed by atoms with Crippen molar-refractivity contribution < 1.29 is 24.2 Å². The number of hydrogen-bond acceptors (Lipinski definition) is 4. The lowest BCUT2D eigenvalue weighted by Crippen LogP contribution is -2.10. The van der Waals surface area contributed by atoms with Gasteiger partial charge in [-0.2, -0.15) is 0 Å². The zero-order chi connectivity index (χ0) is 17.4. The number of carbonyl (C=O) groups is 2. The topological polar surface area (TPSA) is 84.9 Å². The van der Waals surface area contributed by atoms with Crippen molar-refractivity contribution in [2.45, 2.75) is 0 Å². The fourth-order valence-corrected chi connectivity index (χ4v) is 1.88. The zero-order valence-corrected chi connectivity index (χ0v) is 13.1. The summed E-state index contributed by atoms with van der Waals surface area (Å²) < 4.78 is 10.1. The molecule has 2 aromatic carbocycles. The Balaban J connectivity index is 1.94. The van der Waals surface area contributed by atoms with Crippen LogP contribution in [0.15, 0.2) is 54.6 Å². The van der Waals surface area contributed by atoms with Crippen LogP contribution < -0.4 is 14.8 Å². The molecule has 0 aliphatic heterocycles. The molecule has 124 valence electrons. The van der Waals surface area contributed by atoms with E-state index in [1.54, 1.807) is 49.6 Å². The molecule has 0 radical (unpaired) electrons. The number of rotatable bonds is 7. The highest BCUT2D eigenvalue weighted by atomic mass is 16.5. The summed E-state index contributed by atoms with van der Waals surface area (Å²) in [5, 5.41) is 11.3. The van der Waals surface area contributed by atoms with E-state index in [2.05, 4.69) is 5.32 Å². The normalized spacial score (nSPS) is 10.4. The Morgan fingerprint density at radius 3 is 2.54 bits per heavy atom. The van der Waals surface area contributed by atoms with Crippen molar-refractivity contribution in [2.75, 3.05) is 19.0 Å². The van der Waals surface area contributed by atoms with Crippen molar-refractivity contribution in [1.29, 1.82) is 0 Å². The Hall–Kier alpha value is -3.28. The third-order valence-corrected chi connectivity index (χ3v) is 3.01. The number of methoxy groups -OCH3 is 1. The molecule has 0 saturated heterocycles. The van der Waals surface area contributed by atoms with Gasteiger partial charge in [-0.1, -0.05) is 18.2 Å². The van der Waals surface area contributed by atoms with E-state index < -0.39 is 12.6 Å². The summed E-state index contributed by atoms with van der Waals surface area (Å²) in [7, 11) is 1.59. The van der Waals surface area contributed by atoms with Crippen molar-refractivity contribution in [3.63, 3.8) is 0 Å². The van der Waals surface area contributed by atoms with Gasteiger partial charge in [-0.05, 0) is 35.9 Å². The summed E-state index contributed by atoms with van der Waals surface area (Å²) in [5.74, 6) is -0.253.